The number of esters is 3. The van der Waals surface area contributed by atoms with Crippen LogP contribution in [0.15, 0.2) is 24.3 Å². The maximum Gasteiger partial charge on any atom is 0.306 e. The van der Waals surface area contributed by atoms with Crippen molar-refractivity contribution in [3.63, 3.8) is 0 Å². The minimum atomic E-state index is -0.775. The molecule has 6 nitrogen and oxygen atoms in total. The first-order chi connectivity index (χ1) is 36.5. The van der Waals surface area contributed by atoms with Gasteiger partial charge in [0, 0.05) is 19.3 Å². The summed E-state index contributed by atoms with van der Waals surface area (Å²) in [5.74, 6) is -0.857. The molecular formula is C68H128O6. The van der Waals surface area contributed by atoms with Crippen LogP contribution in [0.1, 0.15) is 374 Å². The van der Waals surface area contributed by atoms with Gasteiger partial charge in [-0.1, -0.05) is 328 Å². The van der Waals surface area contributed by atoms with Crippen molar-refractivity contribution in [3.05, 3.63) is 24.3 Å². The Morgan fingerprint density at radius 3 is 0.770 bits per heavy atom. The smallest absolute Gasteiger partial charge is 0.306 e. The van der Waals surface area contributed by atoms with E-state index in [2.05, 4.69) is 45.1 Å². The van der Waals surface area contributed by atoms with Gasteiger partial charge in [0.2, 0.25) is 0 Å². The summed E-state index contributed by atoms with van der Waals surface area (Å²) in [4.78, 5) is 38.3. The van der Waals surface area contributed by atoms with Gasteiger partial charge in [-0.25, -0.2) is 0 Å². The molecule has 0 amide bonds. The first-order valence-electron chi connectivity index (χ1n) is 33.3. The molecule has 0 saturated carbocycles. The average molecular weight is 1040 g/mol. The van der Waals surface area contributed by atoms with Crippen LogP contribution < -0.4 is 0 Å². The second-order valence-electron chi connectivity index (χ2n) is 22.7. The lowest BCUT2D eigenvalue weighted by Gasteiger charge is -2.18. The van der Waals surface area contributed by atoms with Gasteiger partial charge in [0.15, 0.2) is 6.10 Å². The fourth-order valence-electron chi connectivity index (χ4n) is 10.2. The van der Waals surface area contributed by atoms with Crippen molar-refractivity contribution in [2.24, 2.45) is 0 Å². The van der Waals surface area contributed by atoms with Crippen molar-refractivity contribution in [3.8, 4) is 0 Å². The number of unbranched alkanes of at least 4 members (excludes halogenated alkanes) is 47. The van der Waals surface area contributed by atoms with Crippen LogP contribution in [0.3, 0.4) is 0 Å². The van der Waals surface area contributed by atoms with E-state index in [4.69, 9.17) is 14.2 Å². The topological polar surface area (TPSA) is 78.9 Å². The molecule has 0 heterocycles. The Labute approximate surface area is 462 Å². The van der Waals surface area contributed by atoms with Crippen LogP contribution in [0.5, 0.6) is 0 Å². The number of carbonyl (C=O) groups is 3. The molecule has 6 heteroatoms. The molecule has 0 aliphatic carbocycles. The summed E-state index contributed by atoms with van der Waals surface area (Å²) in [6.07, 6.45) is 76.3. The summed E-state index contributed by atoms with van der Waals surface area (Å²) >= 11 is 0. The molecule has 0 rings (SSSR count). The van der Waals surface area contributed by atoms with Crippen LogP contribution in [-0.4, -0.2) is 37.2 Å². The zero-order valence-electron chi connectivity index (χ0n) is 50.1. The predicted octanol–water partition coefficient (Wildman–Crippen LogP) is 22.6. The van der Waals surface area contributed by atoms with Crippen LogP contribution in [0.25, 0.3) is 0 Å². The highest BCUT2D eigenvalue weighted by molar-refractivity contribution is 5.71. The minimum absolute atomic E-state index is 0.0710. The second-order valence-corrected chi connectivity index (χ2v) is 22.7. The highest BCUT2D eigenvalue weighted by Crippen LogP contribution is 2.18. The fraction of sp³-hybridized carbons (Fsp3) is 0.897. The molecule has 0 spiro atoms. The van der Waals surface area contributed by atoms with Crippen LogP contribution in [0, 0.1) is 0 Å². The normalized spacial score (nSPS) is 12.1. The summed E-state index contributed by atoms with van der Waals surface area (Å²) in [7, 11) is 0. The third-order valence-corrected chi connectivity index (χ3v) is 15.2. The highest BCUT2D eigenvalue weighted by atomic mass is 16.6. The lowest BCUT2D eigenvalue weighted by Crippen LogP contribution is -2.30. The SMILES string of the molecule is CCCCC/C=C\C/C=C\CCCCCCCC(=O)OC(COC(=O)CCCCCCCCCCCCCCCC)COC(=O)CCCCCCCCCCCCCCCCCCCCCCCCCCCCC. The maximum absolute atomic E-state index is 12.9. The molecule has 0 aromatic carbocycles. The van der Waals surface area contributed by atoms with Crippen molar-refractivity contribution in [2.45, 2.75) is 380 Å². The molecule has 436 valence electrons. The van der Waals surface area contributed by atoms with E-state index in [0.29, 0.717) is 19.3 Å². The van der Waals surface area contributed by atoms with Gasteiger partial charge in [0.25, 0.3) is 0 Å². The molecule has 0 saturated heterocycles. The predicted molar refractivity (Wildman–Crippen MR) is 321 cm³/mol. The van der Waals surface area contributed by atoms with Gasteiger partial charge in [-0.05, 0) is 51.4 Å². The fourth-order valence-corrected chi connectivity index (χ4v) is 10.2. The number of hydrogen-bond acceptors (Lipinski definition) is 6. The van der Waals surface area contributed by atoms with Crippen LogP contribution in [0.2, 0.25) is 0 Å². The maximum atomic E-state index is 12.9. The van der Waals surface area contributed by atoms with Gasteiger partial charge in [0.1, 0.15) is 13.2 Å². The molecule has 0 fully saturated rings. The Kier molecular flexibility index (Phi) is 61.6. The molecular weight excluding hydrogens is 913 g/mol. The lowest BCUT2D eigenvalue weighted by atomic mass is 10.0. The van der Waals surface area contributed by atoms with Crippen LogP contribution in [-0.2, 0) is 28.6 Å². The summed E-state index contributed by atoms with van der Waals surface area (Å²) in [5.41, 5.74) is 0. The number of rotatable bonds is 62. The summed E-state index contributed by atoms with van der Waals surface area (Å²) in [6, 6.07) is 0. The van der Waals surface area contributed by atoms with E-state index in [1.807, 2.05) is 0 Å². The first kappa shape index (κ1) is 71.9. The zero-order chi connectivity index (χ0) is 53.6. The molecule has 1 unspecified atom stereocenters. The van der Waals surface area contributed by atoms with Gasteiger partial charge in [-0.3, -0.25) is 14.4 Å². The molecule has 0 aromatic heterocycles. The van der Waals surface area contributed by atoms with Crippen LogP contribution in [0.4, 0.5) is 0 Å². The van der Waals surface area contributed by atoms with Crippen molar-refractivity contribution in [1.29, 1.82) is 0 Å². The van der Waals surface area contributed by atoms with Crippen LogP contribution >= 0.6 is 0 Å². The van der Waals surface area contributed by atoms with E-state index in [-0.39, 0.29) is 31.1 Å². The molecule has 1 atom stereocenters. The Hall–Kier alpha value is -2.11. The summed E-state index contributed by atoms with van der Waals surface area (Å²) in [5, 5.41) is 0. The second kappa shape index (κ2) is 63.4. The first-order valence-corrected chi connectivity index (χ1v) is 33.3. The van der Waals surface area contributed by atoms with Crippen molar-refractivity contribution in [2.75, 3.05) is 13.2 Å². The third kappa shape index (κ3) is 60.8. The van der Waals surface area contributed by atoms with E-state index in [1.165, 1.54) is 257 Å². The third-order valence-electron chi connectivity index (χ3n) is 15.2. The number of allylic oxidation sites excluding steroid dienone is 4. The molecule has 74 heavy (non-hydrogen) atoms. The monoisotopic (exact) mass is 1040 g/mol. The Morgan fingerprint density at radius 1 is 0.270 bits per heavy atom. The number of ether oxygens (including phenoxy) is 3. The minimum Gasteiger partial charge on any atom is -0.462 e. The van der Waals surface area contributed by atoms with Crippen molar-refractivity contribution < 1.29 is 28.6 Å². The van der Waals surface area contributed by atoms with E-state index in [1.54, 1.807) is 0 Å². The Balaban J connectivity index is 4.18. The number of carbonyl (C=O) groups excluding carboxylic acids is 3. The Morgan fingerprint density at radius 2 is 0.486 bits per heavy atom. The highest BCUT2D eigenvalue weighted by Gasteiger charge is 2.19. The van der Waals surface area contributed by atoms with E-state index in [0.717, 1.165) is 77.0 Å². The lowest BCUT2D eigenvalue weighted by molar-refractivity contribution is -0.167. The van der Waals surface area contributed by atoms with Gasteiger partial charge in [-0.15, -0.1) is 0 Å². The van der Waals surface area contributed by atoms with E-state index in [9.17, 15) is 14.4 Å². The molecule has 0 bridgehead atoms. The molecule has 0 radical (unpaired) electrons. The molecule has 0 aliphatic rings. The summed E-state index contributed by atoms with van der Waals surface area (Å²) in [6.45, 7) is 6.67. The molecule has 0 aliphatic heterocycles. The van der Waals surface area contributed by atoms with Crippen molar-refractivity contribution >= 4 is 17.9 Å². The van der Waals surface area contributed by atoms with Gasteiger partial charge >= 0.3 is 17.9 Å². The quantitative estimate of drug-likeness (QED) is 0.0261. The zero-order valence-corrected chi connectivity index (χ0v) is 50.1. The summed E-state index contributed by atoms with van der Waals surface area (Å²) < 4.78 is 16.9. The van der Waals surface area contributed by atoms with Gasteiger partial charge in [-0.2, -0.15) is 0 Å². The van der Waals surface area contributed by atoms with Gasteiger partial charge < -0.3 is 14.2 Å². The van der Waals surface area contributed by atoms with E-state index >= 15 is 0 Å². The number of hydrogen-bond donors (Lipinski definition) is 0. The largest absolute Gasteiger partial charge is 0.462 e. The standard InChI is InChI=1S/C68H128O6/c1-4-7-10-13-16-19-22-25-28-29-30-31-32-33-34-35-36-37-38-39-41-43-46-49-52-55-58-61-67(70)73-64-65(63-72-66(69)60-57-54-51-48-45-42-27-24-21-18-15-12-9-6-3)74-68(71)62-59-56-53-50-47-44-40-26-23-20-17-14-11-8-5-2/h17,20,26,40,65H,4-16,18-19,21-25,27-39,41-64H2,1-3H3/b20-17-,40-26-. The Bertz CT molecular complexity index is 1190. The van der Waals surface area contributed by atoms with Crippen molar-refractivity contribution in [1.82, 2.24) is 0 Å². The van der Waals surface area contributed by atoms with E-state index < -0.39 is 6.10 Å². The van der Waals surface area contributed by atoms with Gasteiger partial charge in [0.05, 0.1) is 0 Å². The molecule has 0 N–H and O–H groups in total. The molecule has 0 aromatic rings. The average Bonchev–Trinajstić information content (AvgIpc) is 3.40.